The van der Waals surface area contributed by atoms with Crippen molar-refractivity contribution in [3.05, 3.63) is 105 Å². The van der Waals surface area contributed by atoms with Gasteiger partial charge < -0.3 is 19.3 Å². The molecule has 2 aliphatic heterocycles. The largest absolute Gasteiger partial charge is 0.378 e. The van der Waals surface area contributed by atoms with Gasteiger partial charge in [0.05, 0.1) is 38.9 Å². The van der Waals surface area contributed by atoms with Crippen molar-refractivity contribution >= 4 is 24.6 Å². The number of ether oxygens (including phenoxy) is 2. The number of hydrogen-bond donors (Lipinski definition) is 0. The van der Waals surface area contributed by atoms with Crippen molar-refractivity contribution in [3.8, 4) is 0 Å². The maximum absolute atomic E-state index is 5.65. The third-order valence-corrected chi connectivity index (χ3v) is 7.97. The van der Waals surface area contributed by atoms with Gasteiger partial charge in [-0.2, -0.15) is 10.2 Å². The van der Waals surface area contributed by atoms with Crippen LogP contribution in [0.4, 0.5) is 0 Å². The average Bonchev–Trinajstić information content (AvgIpc) is 3.60. The van der Waals surface area contributed by atoms with Gasteiger partial charge in [0.15, 0.2) is 0 Å². The lowest BCUT2D eigenvalue weighted by Crippen LogP contribution is -2.36. The van der Waals surface area contributed by atoms with Gasteiger partial charge >= 0.3 is 0 Å². The molecule has 0 unspecified atom stereocenters. The molecule has 40 heavy (non-hydrogen) atoms. The second kappa shape index (κ2) is 13.1. The average molecular weight is 535 g/mol. The number of allylic oxidation sites excluding steroid dienone is 4. The van der Waals surface area contributed by atoms with E-state index in [1.165, 1.54) is 44.8 Å². The van der Waals surface area contributed by atoms with Gasteiger partial charge in [0, 0.05) is 37.6 Å². The van der Waals surface area contributed by atoms with Crippen molar-refractivity contribution in [1.29, 1.82) is 0 Å². The van der Waals surface area contributed by atoms with Crippen LogP contribution >= 0.6 is 0 Å². The molecule has 2 fully saturated rings. The SMILES string of the molecule is C(=N/N=C/C1=C(N2CCOCC2)C(=C/c2ccccc2)/CC1)/C1=C(N2CCOCC2)C(=C/c2ccccc2)/CC1. The minimum Gasteiger partial charge on any atom is -0.378 e. The number of morpholine rings is 2. The second-order valence-corrected chi connectivity index (χ2v) is 10.6. The molecule has 0 radical (unpaired) electrons. The lowest BCUT2D eigenvalue weighted by atomic mass is 10.1. The van der Waals surface area contributed by atoms with Crippen LogP contribution in [0, 0.1) is 0 Å². The fourth-order valence-electron chi connectivity index (χ4n) is 6.05. The fraction of sp³-hybridized carbons (Fsp3) is 0.353. The lowest BCUT2D eigenvalue weighted by molar-refractivity contribution is 0.0548. The Morgan fingerprint density at radius 2 is 0.925 bits per heavy atom. The van der Waals surface area contributed by atoms with Crippen LogP contribution < -0.4 is 0 Å². The molecule has 0 spiro atoms. The molecule has 4 aliphatic rings. The maximum atomic E-state index is 5.65. The van der Waals surface area contributed by atoms with Crippen LogP contribution in [-0.4, -0.2) is 74.8 Å². The summed E-state index contributed by atoms with van der Waals surface area (Å²) in [6.07, 6.45) is 12.6. The van der Waals surface area contributed by atoms with Crippen molar-refractivity contribution in [2.24, 2.45) is 10.2 Å². The third kappa shape index (κ3) is 6.35. The maximum Gasteiger partial charge on any atom is 0.0642 e. The van der Waals surface area contributed by atoms with Gasteiger partial charge in [-0.25, -0.2) is 0 Å². The summed E-state index contributed by atoms with van der Waals surface area (Å²) in [6.45, 7) is 6.71. The Morgan fingerprint density at radius 3 is 1.32 bits per heavy atom. The highest BCUT2D eigenvalue weighted by atomic mass is 16.5. The molecule has 0 aromatic heterocycles. The first-order valence-corrected chi connectivity index (χ1v) is 14.6. The van der Waals surface area contributed by atoms with Gasteiger partial charge in [-0.15, -0.1) is 0 Å². The highest BCUT2D eigenvalue weighted by Crippen LogP contribution is 2.36. The molecule has 2 aliphatic carbocycles. The number of benzene rings is 2. The van der Waals surface area contributed by atoms with E-state index in [9.17, 15) is 0 Å². The first kappa shape index (κ1) is 26.5. The molecular weight excluding hydrogens is 496 g/mol. The van der Waals surface area contributed by atoms with E-state index < -0.39 is 0 Å². The summed E-state index contributed by atoms with van der Waals surface area (Å²) in [6, 6.07) is 21.2. The second-order valence-electron chi connectivity index (χ2n) is 10.6. The summed E-state index contributed by atoms with van der Waals surface area (Å²) in [5, 5.41) is 9.19. The zero-order valence-electron chi connectivity index (χ0n) is 23.2. The molecule has 6 nitrogen and oxygen atoms in total. The minimum atomic E-state index is 0.766. The molecule has 0 amide bonds. The topological polar surface area (TPSA) is 49.7 Å². The molecule has 0 N–H and O–H groups in total. The van der Waals surface area contributed by atoms with Gasteiger partial charge in [0.25, 0.3) is 0 Å². The number of nitrogens with zero attached hydrogens (tertiary/aromatic N) is 4. The normalized spacial score (nSPS) is 22.7. The van der Waals surface area contributed by atoms with E-state index in [0.29, 0.717) is 0 Å². The Hall–Kier alpha value is -3.74. The zero-order chi connectivity index (χ0) is 27.0. The predicted octanol–water partition coefficient (Wildman–Crippen LogP) is 5.97. The van der Waals surface area contributed by atoms with Crippen molar-refractivity contribution in [1.82, 2.24) is 9.80 Å². The molecule has 0 bridgehead atoms. The standard InChI is InChI=1S/C34H38N4O2/c1-3-7-27(8-4-1)23-29-11-13-31(33(29)37-15-19-39-20-16-37)25-35-36-26-32-14-12-30(24-28-9-5-2-6-10-28)34(32)38-17-21-40-22-18-38/h1-10,23-26H,11-22H2/b29-23+,30-24+,35-25-,36-26+. The zero-order valence-corrected chi connectivity index (χ0v) is 23.2. The van der Waals surface area contributed by atoms with E-state index in [4.69, 9.17) is 9.47 Å². The lowest BCUT2D eigenvalue weighted by Gasteiger charge is -2.31. The Bertz CT molecular complexity index is 1240. The van der Waals surface area contributed by atoms with E-state index in [-0.39, 0.29) is 0 Å². The first-order chi connectivity index (χ1) is 19.8. The smallest absolute Gasteiger partial charge is 0.0642 e. The van der Waals surface area contributed by atoms with Crippen molar-refractivity contribution in [2.75, 3.05) is 52.6 Å². The molecule has 2 aromatic rings. The van der Waals surface area contributed by atoms with Crippen LogP contribution in [0.5, 0.6) is 0 Å². The Kier molecular flexibility index (Phi) is 8.66. The monoisotopic (exact) mass is 534 g/mol. The van der Waals surface area contributed by atoms with E-state index in [1.807, 2.05) is 12.4 Å². The summed E-state index contributed by atoms with van der Waals surface area (Å²) in [7, 11) is 0. The number of hydrogen-bond acceptors (Lipinski definition) is 6. The quantitative estimate of drug-likeness (QED) is 0.324. The molecule has 0 saturated carbocycles. The van der Waals surface area contributed by atoms with E-state index in [2.05, 4.69) is 92.8 Å². The highest BCUT2D eigenvalue weighted by molar-refractivity contribution is 5.86. The van der Waals surface area contributed by atoms with Crippen LogP contribution in [-0.2, 0) is 9.47 Å². The first-order valence-electron chi connectivity index (χ1n) is 14.6. The van der Waals surface area contributed by atoms with E-state index in [1.54, 1.807) is 0 Å². The van der Waals surface area contributed by atoms with Crippen LogP contribution in [0.15, 0.2) is 105 Å². The summed E-state index contributed by atoms with van der Waals surface area (Å²) < 4.78 is 11.3. The van der Waals surface area contributed by atoms with E-state index in [0.717, 1.165) is 78.3 Å². The molecule has 6 rings (SSSR count). The molecule has 206 valence electrons. The minimum absolute atomic E-state index is 0.766. The molecular formula is C34H38N4O2. The van der Waals surface area contributed by atoms with Crippen LogP contribution in [0.1, 0.15) is 36.8 Å². The molecule has 0 atom stereocenters. The van der Waals surface area contributed by atoms with E-state index >= 15 is 0 Å². The van der Waals surface area contributed by atoms with Crippen molar-refractivity contribution < 1.29 is 9.47 Å². The fourth-order valence-corrected chi connectivity index (χ4v) is 6.05. The predicted molar refractivity (Wildman–Crippen MR) is 163 cm³/mol. The Labute approximate surface area is 237 Å². The highest BCUT2D eigenvalue weighted by Gasteiger charge is 2.27. The van der Waals surface area contributed by atoms with Gasteiger partial charge in [-0.1, -0.05) is 60.7 Å². The summed E-state index contributed by atoms with van der Waals surface area (Å²) >= 11 is 0. The van der Waals surface area contributed by atoms with Crippen LogP contribution in [0.2, 0.25) is 0 Å². The summed E-state index contributed by atoms with van der Waals surface area (Å²) in [5.74, 6) is 0. The van der Waals surface area contributed by atoms with Crippen molar-refractivity contribution in [3.63, 3.8) is 0 Å². The Balaban J connectivity index is 1.27. The molecule has 2 saturated heterocycles. The van der Waals surface area contributed by atoms with Crippen LogP contribution in [0.25, 0.3) is 12.2 Å². The summed E-state index contributed by atoms with van der Waals surface area (Å²) in [4.78, 5) is 4.93. The molecule has 2 heterocycles. The Morgan fingerprint density at radius 1 is 0.525 bits per heavy atom. The van der Waals surface area contributed by atoms with Crippen LogP contribution in [0.3, 0.4) is 0 Å². The van der Waals surface area contributed by atoms with Gasteiger partial charge in [0.1, 0.15) is 0 Å². The van der Waals surface area contributed by atoms with Gasteiger partial charge in [0.2, 0.25) is 0 Å². The van der Waals surface area contributed by atoms with Gasteiger partial charge in [-0.05, 0) is 71.3 Å². The third-order valence-electron chi connectivity index (χ3n) is 7.97. The van der Waals surface area contributed by atoms with Gasteiger partial charge in [-0.3, -0.25) is 0 Å². The molecule has 6 heteroatoms. The number of rotatable bonds is 7. The summed E-state index contributed by atoms with van der Waals surface area (Å²) in [5.41, 5.74) is 10.4. The molecule has 2 aromatic carbocycles. The van der Waals surface area contributed by atoms with Crippen molar-refractivity contribution in [2.45, 2.75) is 25.7 Å².